The number of hydrogen-bond acceptors (Lipinski definition) is 11. The van der Waals surface area contributed by atoms with Gasteiger partial charge in [-0.25, -0.2) is 14.6 Å². The molecule has 0 fully saturated rings. The molecule has 2 aromatic carbocycles. The molecule has 1 aliphatic heterocycles. The molecule has 13 heteroatoms. The zero-order valence-corrected chi connectivity index (χ0v) is 26.9. The number of halogens is 1. The summed E-state index contributed by atoms with van der Waals surface area (Å²) in [5, 5.41) is 0. The van der Waals surface area contributed by atoms with Crippen LogP contribution in [-0.2, 0) is 19.1 Å². The Morgan fingerprint density at radius 1 is 1.02 bits per heavy atom. The van der Waals surface area contributed by atoms with E-state index in [9.17, 15) is 14.4 Å². The van der Waals surface area contributed by atoms with Crippen molar-refractivity contribution in [1.29, 1.82) is 0 Å². The summed E-state index contributed by atoms with van der Waals surface area (Å²) in [7, 11) is 4.32. The van der Waals surface area contributed by atoms with E-state index in [2.05, 4.69) is 25.7 Å². The fourth-order valence-electron chi connectivity index (χ4n) is 4.59. The Morgan fingerprint density at radius 3 is 2.44 bits per heavy atom. The summed E-state index contributed by atoms with van der Waals surface area (Å²) in [6.07, 6.45) is 1.70. The summed E-state index contributed by atoms with van der Waals surface area (Å²) >= 11 is 4.66. The number of hydrogen-bond donors (Lipinski definition) is 0. The molecule has 0 N–H and O–H groups in total. The van der Waals surface area contributed by atoms with Crippen LogP contribution >= 0.6 is 27.3 Å². The lowest BCUT2D eigenvalue weighted by atomic mass is 9.95. The Bertz CT molecular complexity index is 1760. The van der Waals surface area contributed by atoms with Crippen LogP contribution in [0.5, 0.6) is 23.0 Å². The zero-order valence-electron chi connectivity index (χ0n) is 24.5. The normalized spacial score (nSPS) is 14.5. The van der Waals surface area contributed by atoms with Crippen LogP contribution in [0.3, 0.4) is 0 Å². The summed E-state index contributed by atoms with van der Waals surface area (Å²) in [5.41, 5.74) is 1.44. The highest BCUT2D eigenvalue weighted by Crippen LogP contribution is 2.37. The third-order valence-corrected chi connectivity index (χ3v) is 7.87. The van der Waals surface area contributed by atoms with E-state index in [0.29, 0.717) is 55.8 Å². The van der Waals surface area contributed by atoms with Gasteiger partial charge in [-0.1, -0.05) is 33.3 Å². The van der Waals surface area contributed by atoms with Crippen molar-refractivity contribution >= 4 is 45.3 Å². The first-order valence-electron chi connectivity index (χ1n) is 13.2. The SMILES string of the molecule is CCOC(=O)C1=C(C)N=c2s/c(=C/c3cc(Br)cc(OC)c3OC)c(=O)n2[C@@H]1c1ccc(OCC(=O)OC)c(OCC)c1. The zero-order chi connectivity index (χ0) is 31.3. The van der Waals surface area contributed by atoms with Crippen LogP contribution in [0.2, 0.25) is 0 Å². The lowest BCUT2D eigenvalue weighted by Crippen LogP contribution is -2.40. The highest BCUT2D eigenvalue weighted by atomic mass is 79.9. The molecule has 0 radical (unpaired) electrons. The monoisotopic (exact) mass is 674 g/mol. The van der Waals surface area contributed by atoms with Crippen molar-refractivity contribution in [2.45, 2.75) is 26.8 Å². The first-order chi connectivity index (χ1) is 20.7. The number of esters is 2. The van der Waals surface area contributed by atoms with Crippen LogP contribution < -0.4 is 33.8 Å². The second-order valence-electron chi connectivity index (χ2n) is 9.04. The Balaban J connectivity index is 1.94. The number of ether oxygens (including phenoxy) is 6. The number of thiazole rings is 1. The molecule has 0 bridgehead atoms. The van der Waals surface area contributed by atoms with Gasteiger partial charge in [0.1, 0.15) is 0 Å². The average Bonchev–Trinajstić information content (AvgIpc) is 3.29. The minimum atomic E-state index is -0.884. The second kappa shape index (κ2) is 13.9. The molecule has 0 saturated carbocycles. The minimum Gasteiger partial charge on any atom is -0.493 e. The molecule has 0 saturated heterocycles. The van der Waals surface area contributed by atoms with Crippen LogP contribution in [0, 0.1) is 0 Å². The molecule has 2 heterocycles. The van der Waals surface area contributed by atoms with Gasteiger partial charge in [-0.3, -0.25) is 9.36 Å². The van der Waals surface area contributed by atoms with E-state index < -0.39 is 18.0 Å². The van der Waals surface area contributed by atoms with Gasteiger partial charge in [0.05, 0.1) is 56.4 Å². The molecular weight excluding hydrogens is 644 g/mol. The number of rotatable bonds is 11. The van der Waals surface area contributed by atoms with Gasteiger partial charge in [-0.15, -0.1) is 0 Å². The maximum Gasteiger partial charge on any atom is 0.343 e. The van der Waals surface area contributed by atoms with Crippen molar-refractivity contribution in [3.8, 4) is 23.0 Å². The molecule has 43 heavy (non-hydrogen) atoms. The van der Waals surface area contributed by atoms with Gasteiger partial charge in [-0.05, 0) is 56.7 Å². The summed E-state index contributed by atoms with van der Waals surface area (Å²) in [6.45, 7) is 5.34. The number of fused-ring (bicyclic) bond motifs is 1. The van der Waals surface area contributed by atoms with Crippen LogP contribution in [0.15, 0.2) is 55.9 Å². The molecule has 11 nitrogen and oxygen atoms in total. The second-order valence-corrected chi connectivity index (χ2v) is 11.0. The predicted octanol–water partition coefficient (Wildman–Crippen LogP) is 3.53. The van der Waals surface area contributed by atoms with Crippen LogP contribution in [0.4, 0.5) is 0 Å². The summed E-state index contributed by atoms with van der Waals surface area (Å²) < 4.78 is 35.1. The topological polar surface area (TPSA) is 124 Å². The van der Waals surface area contributed by atoms with E-state index in [-0.39, 0.29) is 24.3 Å². The molecule has 0 unspecified atom stereocenters. The molecule has 0 amide bonds. The lowest BCUT2D eigenvalue weighted by molar-refractivity contribution is -0.143. The molecule has 228 valence electrons. The number of nitrogens with zero attached hydrogens (tertiary/aromatic N) is 2. The van der Waals surface area contributed by atoms with Crippen molar-refractivity contribution in [2.75, 3.05) is 41.2 Å². The van der Waals surface area contributed by atoms with Crippen molar-refractivity contribution in [3.05, 3.63) is 76.9 Å². The van der Waals surface area contributed by atoms with Gasteiger partial charge in [0, 0.05) is 10.0 Å². The number of allylic oxidation sites excluding steroid dienone is 1. The van der Waals surface area contributed by atoms with Crippen LogP contribution in [0.1, 0.15) is 37.9 Å². The first-order valence-corrected chi connectivity index (χ1v) is 14.9. The Kier molecular flexibility index (Phi) is 10.3. The average molecular weight is 676 g/mol. The third kappa shape index (κ3) is 6.62. The highest BCUT2D eigenvalue weighted by Gasteiger charge is 2.34. The van der Waals surface area contributed by atoms with Gasteiger partial charge in [0.15, 0.2) is 34.4 Å². The number of aromatic nitrogens is 1. The largest absolute Gasteiger partial charge is 0.493 e. The highest BCUT2D eigenvalue weighted by molar-refractivity contribution is 9.10. The first kappa shape index (κ1) is 31.8. The molecule has 1 aliphatic rings. The van der Waals surface area contributed by atoms with Gasteiger partial charge >= 0.3 is 11.9 Å². The number of carbonyl (C=O) groups excluding carboxylic acids is 2. The number of benzene rings is 2. The standard InChI is InChI=1S/C30H31BrN2O9S/c1-7-40-21-12-17(9-10-20(21)42-15-24(34)38-5)26-25(29(36)41-8-2)16(3)32-30-33(26)28(35)23(43-30)13-18-11-19(31)14-22(37-4)27(18)39-6/h9-14,26H,7-8,15H2,1-6H3/b23-13+/t26-/m1/s1. The Hall–Kier alpha value is -4.10. The number of methoxy groups -OCH3 is 3. The van der Waals surface area contributed by atoms with Gasteiger partial charge in [-0.2, -0.15) is 0 Å². The maximum atomic E-state index is 14.1. The van der Waals surface area contributed by atoms with Crippen LogP contribution in [0.25, 0.3) is 6.08 Å². The quantitative estimate of drug-likeness (QED) is 0.281. The molecule has 0 spiro atoms. The summed E-state index contributed by atoms with van der Waals surface area (Å²) in [6, 6.07) is 7.70. The van der Waals surface area contributed by atoms with Gasteiger partial charge < -0.3 is 28.4 Å². The Morgan fingerprint density at radius 2 is 1.79 bits per heavy atom. The molecular formula is C30H31BrN2O9S. The van der Waals surface area contributed by atoms with E-state index in [1.54, 1.807) is 51.1 Å². The molecule has 1 atom stereocenters. The van der Waals surface area contributed by atoms with Crippen molar-refractivity contribution in [1.82, 2.24) is 4.57 Å². The fraction of sp³-hybridized carbons (Fsp3) is 0.333. The van der Waals surface area contributed by atoms with Crippen molar-refractivity contribution in [2.24, 2.45) is 4.99 Å². The van der Waals surface area contributed by atoms with E-state index in [0.717, 1.165) is 4.47 Å². The molecule has 3 aromatic rings. The van der Waals surface area contributed by atoms with E-state index >= 15 is 0 Å². The van der Waals surface area contributed by atoms with Crippen molar-refractivity contribution in [3.63, 3.8) is 0 Å². The van der Waals surface area contributed by atoms with Gasteiger partial charge in [0.2, 0.25) is 0 Å². The third-order valence-electron chi connectivity index (χ3n) is 6.43. The van der Waals surface area contributed by atoms with E-state index in [1.165, 1.54) is 37.2 Å². The summed E-state index contributed by atoms with van der Waals surface area (Å²) in [5.74, 6) is 0.437. The van der Waals surface area contributed by atoms with Crippen molar-refractivity contribution < 1.29 is 38.0 Å². The fourth-order valence-corrected chi connectivity index (χ4v) is 6.08. The van der Waals surface area contributed by atoms with Crippen LogP contribution in [-0.4, -0.2) is 57.7 Å². The smallest absolute Gasteiger partial charge is 0.343 e. The summed E-state index contributed by atoms with van der Waals surface area (Å²) in [4.78, 5) is 44.1. The lowest BCUT2D eigenvalue weighted by Gasteiger charge is -2.25. The molecule has 0 aliphatic carbocycles. The van der Waals surface area contributed by atoms with Gasteiger partial charge in [0.25, 0.3) is 5.56 Å². The molecule has 4 rings (SSSR count). The number of carbonyl (C=O) groups is 2. The maximum absolute atomic E-state index is 14.1. The van der Waals surface area contributed by atoms with E-state index in [4.69, 9.17) is 23.7 Å². The predicted molar refractivity (Wildman–Crippen MR) is 163 cm³/mol. The Labute approximate surface area is 260 Å². The van der Waals surface area contributed by atoms with E-state index in [1.807, 2.05) is 6.07 Å². The molecule has 1 aromatic heterocycles. The minimum absolute atomic E-state index is 0.141.